The van der Waals surface area contributed by atoms with Gasteiger partial charge in [0.25, 0.3) is 0 Å². The summed E-state index contributed by atoms with van der Waals surface area (Å²) in [5.41, 5.74) is 7.52. The minimum Gasteiger partial charge on any atom is -0.512 e. The second-order valence-electron chi connectivity index (χ2n) is 9.99. The molecule has 1 N–H and O–H groups in total. The molecule has 0 bridgehead atoms. The van der Waals surface area contributed by atoms with E-state index < -0.39 is 0 Å². The zero-order valence-corrected chi connectivity index (χ0v) is 26.1. The molecule has 0 aliphatic rings. The Morgan fingerprint density at radius 1 is 0.767 bits per heavy atom. The first-order valence-corrected chi connectivity index (χ1v) is 13.5. The molecule has 0 aliphatic carbocycles. The summed E-state index contributed by atoms with van der Waals surface area (Å²) in [6.07, 6.45) is 1.17. The summed E-state index contributed by atoms with van der Waals surface area (Å²) in [6.45, 7) is 4.81. The molecule has 0 unspecified atom stereocenters. The number of allylic oxidation sites excluding steroid dienone is 2. The maximum Gasteiger partial charge on any atom is 0.218 e. The van der Waals surface area contributed by atoms with E-state index >= 15 is 0 Å². The van der Waals surface area contributed by atoms with Crippen LogP contribution in [-0.2, 0) is 24.9 Å². The monoisotopic (exact) mass is 744 g/mol. The van der Waals surface area contributed by atoms with Crippen LogP contribution in [0, 0.1) is 13.0 Å². The molecule has 4 aromatic heterocycles. The van der Waals surface area contributed by atoms with Crippen LogP contribution >= 0.6 is 0 Å². The summed E-state index contributed by atoms with van der Waals surface area (Å²) >= 11 is 0. The number of pyridine rings is 2. The third-order valence-electron chi connectivity index (χ3n) is 6.76. The molecule has 7 aromatic rings. The molecule has 1 radical (unpaired) electrons. The molecule has 4 heterocycles. The third kappa shape index (κ3) is 6.05. The van der Waals surface area contributed by atoms with Crippen molar-refractivity contribution in [2.45, 2.75) is 20.8 Å². The number of hydrogen-bond donors (Lipinski definition) is 1. The van der Waals surface area contributed by atoms with Crippen molar-refractivity contribution >= 4 is 39.0 Å². The number of nitrogens with zero attached hydrogens (tertiary/aromatic N) is 2. The van der Waals surface area contributed by atoms with Crippen LogP contribution in [0.1, 0.15) is 19.5 Å². The normalized spacial score (nSPS) is 11.3. The number of hydrogen-bond acceptors (Lipinski definition) is 6. The molecule has 7 heteroatoms. The van der Waals surface area contributed by atoms with Gasteiger partial charge in [-0.15, -0.1) is 18.2 Å². The Hall–Kier alpha value is -4.84. The van der Waals surface area contributed by atoms with Gasteiger partial charge in [-0.25, -0.2) is 4.98 Å². The Morgan fingerprint density at radius 3 is 2.07 bits per heavy atom. The largest absolute Gasteiger partial charge is 0.512 e. The van der Waals surface area contributed by atoms with Crippen LogP contribution in [0.25, 0.3) is 66.9 Å². The molecule has 6 nitrogen and oxygen atoms in total. The second kappa shape index (κ2) is 12.6. The van der Waals surface area contributed by atoms with Gasteiger partial charge < -0.3 is 13.9 Å². The van der Waals surface area contributed by atoms with Crippen LogP contribution in [0.2, 0.25) is 0 Å². The van der Waals surface area contributed by atoms with E-state index in [1.165, 1.54) is 19.9 Å². The SMILES string of the molecule is CC(=O)/C=C(/C)O.Cc1ccc2c(n1)oc1c(-c3ccc4c(-c5ccccc5)c(-c5ccccc5)oc4n3)[c-]ccc12.[Ir]. The van der Waals surface area contributed by atoms with Gasteiger partial charge in [-0.1, -0.05) is 83.7 Å². The fraction of sp³-hybridized carbons (Fsp3) is 0.0833. The Bertz CT molecular complexity index is 2090. The molecule has 0 fully saturated rings. The van der Waals surface area contributed by atoms with Gasteiger partial charge >= 0.3 is 0 Å². The number of ketones is 1. The van der Waals surface area contributed by atoms with E-state index in [-0.39, 0.29) is 31.6 Å². The van der Waals surface area contributed by atoms with Gasteiger partial charge in [-0.3, -0.25) is 9.78 Å². The third-order valence-corrected chi connectivity index (χ3v) is 6.76. The van der Waals surface area contributed by atoms with Crippen LogP contribution in [0.4, 0.5) is 0 Å². The first kappa shape index (κ1) is 29.6. The van der Waals surface area contributed by atoms with Crippen LogP contribution in [0.15, 0.2) is 118 Å². The summed E-state index contributed by atoms with van der Waals surface area (Å²) in [5.74, 6) is 0.745. The number of aromatic nitrogens is 2. The van der Waals surface area contributed by atoms with Crippen molar-refractivity contribution in [3.05, 3.63) is 121 Å². The molecule has 0 aliphatic heterocycles. The minimum absolute atomic E-state index is 0. The van der Waals surface area contributed by atoms with Gasteiger partial charge in [0.15, 0.2) is 5.78 Å². The fourth-order valence-corrected chi connectivity index (χ4v) is 5.00. The Kier molecular flexibility index (Phi) is 8.67. The number of aliphatic hydroxyl groups is 1. The molecular weight excluding hydrogens is 717 g/mol. The number of furan rings is 2. The summed E-state index contributed by atoms with van der Waals surface area (Å²) < 4.78 is 12.6. The molecule has 0 saturated heterocycles. The minimum atomic E-state index is -0.125. The van der Waals surface area contributed by atoms with Crippen LogP contribution in [-0.4, -0.2) is 20.9 Å². The van der Waals surface area contributed by atoms with E-state index in [9.17, 15) is 4.79 Å². The van der Waals surface area contributed by atoms with Crippen molar-refractivity contribution in [2.24, 2.45) is 0 Å². The Morgan fingerprint density at radius 2 is 1.42 bits per heavy atom. The van der Waals surface area contributed by atoms with Crippen LogP contribution in [0.5, 0.6) is 0 Å². The summed E-state index contributed by atoms with van der Waals surface area (Å²) in [6, 6.07) is 35.8. The van der Waals surface area contributed by atoms with Crippen molar-refractivity contribution in [1.29, 1.82) is 0 Å². The van der Waals surface area contributed by atoms with E-state index in [1.54, 1.807) is 0 Å². The zero-order chi connectivity index (χ0) is 29.2. The van der Waals surface area contributed by atoms with E-state index in [0.717, 1.165) is 61.1 Å². The van der Waals surface area contributed by atoms with Gasteiger partial charge in [0.2, 0.25) is 11.4 Å². The number of fused-ring (bicyclic) bond motifs is 4. The zero-order valence-electron chi connectivity index (χ0n) is 23.7. The molecule has 0 amide bonds. The fourth-order valence-electron chi connectivity index (χ4n) is 5.00. The van der Waals surface area contributed by atoms with E-state index in [4.69, 9.17) is 18.9 Å². The first-order valence-electron chi connectivity index (χ1n) is 13.5. The molecule has 0 atom stereocenters. The quantitative estimate of drug-likeness (QED) is 0.110. The molecular formula is C36H27IrN2O4-. The molecule has 0 spiro atoms. The van der Waals surface area contributed by atoms with Gasteiger partial charge in [0.1, 0.15) is 5.76 Å². The number of rotatable bonds is 4. The van der Waals surface area contributed by atoms with E-state index in [0.29, 0.717) is 11.4 Å². The molecule has 7 rings (SSSR count). The molecule has 0 saturated carbocycles. The topological polar surface area (TPSA) is 89.4 Å². The van der Waals surface area contributed by atoms with Crippen molar-refractivity contribution in [3.63, 3.8) is 0 Å². The van der Waals surface area contributed by atoms with E-state index in [1.807, 2.05) is 67.6 Å². The average molecular weight is 744 g/mol. The molecule has 215 valence electrons. The maximum absolute atomic E-state index is 10.0. The van der Waals surface area contributed by atoms with Gasteiger partial charge in [-0.2, -0.15) is 0 Å². The van der Waals surface area contributed by atoms with Crippen molar-refractivity contribution in [2.75, 3.05) is 0 Å². The predicted molar refractivity (Wildman–Crippen MR) is 166 cm³/mol. The van der Waals surface area contributed by atoms with Crippen molar-refractivity contribution in [1.82, 2.24) is 9.97 Å². The Labute approximate surface area is 262 Å². The van der Waals surface area contributed by atoms with E-state index in [2.05, 4.69) is 47.4 Å². The van der Waals surface area contributed by atoms with Crippen LogP contribution < -0.4 is 0 Å². The second-order valence-corrected chi connectivity index (χ2v) is 9.99. The van der Waals surface area contributed by atoms with Gasteiger partial charge in [0, 0.05) is 53.8 Å². The van der Waals surface area contributed by atoms with Gasteiger partial charge in [-0.05, 0) is 44.2 Å². The van der Waals surface area contributed by atoms with Crippen molar-refractivity contribution in [3.8, 4) is 33.7 Å². The Balaban J connectivity index is 0.000000415. The number of aryl methyl sites for hydroxylation is 1. The number of carbonyl (C=O) groups is 1. The average Bonchev–Trinajstić information content (AvgIpc) is 3.55. The molecule has 43 heavy (non-hydrogen) atoms. The van der Waals surface area contributed by atoms with Crippen molar-refractivity contribution < 1.29 is 38.8 Å². The van der Waals surface area contributed by atoms with Gasteiger partial charge in [0.05, 0.1) is 11.3 Å². The maximum atomic E-state index is 10.0. The predicted octanol–water partition coefficient (Wildman–Crippen LogP) is 9.27. The first-order chi connectivity index (χ1) is 20.4. The number of carbonyl (C=O) groups excluding carboxylic acids is 1. The summed E-state index contributed by atoms with van der Waals surface area (Å²) in [7, 11) is 0. The van der Waals surface area contributed by atoms with Crippen LogP contribution in [0.3, 0.4) is 0 Å². The number of aliphatic hydroxyl groups excluding tert-OH is 1. The molecule has 3 aromatic carbocycles. The standard InChI is InChI=1S/C31H19N2O2.C5H8O2.Ir/c1-19-15-16-23-22-13-8-14-24(29(22)35-30(23)32-19)26-18-17-25-27(20-9-4-2-5-10-20)28(34-31(25)33-26)21-11-6-3-7-12-21;1-4(6)3-5(2)7;/h2-13,15-18H,1H3;3,6H,1-2H3;/q-1;;/b;4-3-;. The smallest absolute Gasteiger partial charge is 0.218 e. The summed E-state index contributed by atoms with van der Waals surface area (Å²) in [5, 5.41) is 11.3. The summed E-state index contributed by atoms with van der Waals surface area (Å²) in [4.78, 5) is 19.5. The number of benzene rings is 3.